The topological polar surface area (TPSA) is 76.3 Å². The molecule has 2 aromatic rings. The SMILES string of the molecule is Cc1ncc(CN(C)S(=O)(=O)Cc2ccccc2N)s1. The highest BCUT2D eigenvalue weighted by Gasteiger charge is 2.20. The minimum Gasteiger partial charge on any atom is -0.398 e. The van der Waals surface area contributed by atoms with Crippen molar-refractivity contribution in [2.45, 2.75) is 19.2 Å². The zero-order valence-electron chi connectivity index (χ0n) is 11.4. The van der Waals surface area contributed by atoms with E-state index in [1.807, 2.05) is 6.92 Å². The molecule has 0 unspecified atom stereocenters. The Balaban J connectivity index is 2.12. The van der Waals surface area contributed by atoms with E-state index in [-0.39, 0.29) is 5.75 Å². The standard InChI is InChI=1S/C13H17N3O2S2/c1-10-15-7-12(19-10)8-16(2)20(17,18)9-11-5-3-4-6-13(11)14/h3-7H,8-9,14H2,1-2H3. The summed E-state index contributed by atoms with van der Waals surface area (Å²) >= 11 is 1.50. The molecule has 1 aromatic heterocycles. The highest BCUT2D eigenvalue weighted by atomic mass is 32.2. The fraction of sp³-hybridized carbons (Fsp3) is 0.308. The van der Waals surface area contributed by atoms with Gasteiger partial charge in [0, 0.05) is 30.4 Å². The van der Waals surface area contributed by atoms with E-state index in [0.29, 0.717) is 17.8 Å². The van der Waals surface area contributed by atoms with Crippen LogP contribution in [0.5, 0.6) is 0 Å². The molecule has 0 bridgehead atoms. The van der Waals surface area contributed by atoms with Crippen LogP contribution in [-0.4, -0.2) is 24.8 Å². The quantitative estimate of drug-likeness (QED) is 0.857. The maximum absolute atomic E-state index is 12.3. The molecule has 1 aromatic carbocycles. The summed E-state index contributed by atoms with van der Waals surface area (Å²) < 4.78 is 26.0. The Morgan fingerprint density at radius 2 is 2.05 bits per heavy atom. The van der Waals surface area contributed by atoms with Gasteiger partial charge >= 0.3 is 0 Å². The highest BCUT2D eigenvalue weighted by Crippen LogP contribution is 2.19. The molecule has 7 heteroatoms. The fourth-order valence-electron chi connectivity index (χ4n) is 1.77. The summed E-state index contributed by atoms with van der Waals surface area (Å²) in [6.45, 7) is 2.23. The van der Waals surface area contributed by atoms with Crippen LogP contribution >= 0.6 is 11.3 Å². The molecule has 0 spiro atoms. The van der Waals surface area contributed by atoms with Gasteiger partial charge in [0.25, 0.3) is 0 Å². The van der Waals surface area contributed by atoms with Crippen molar-refractivity contribution in [3.63, 3.8) is 0 Å². The Morgan fingerprint density at radius 3 is 2.65 bits per heavy atom. The molecule has 5 nitrogen and oxygen atoms in total. The van der Waals surface area contributed by atoms with E-state index in [9.17, 15) is 8.42 Å². The molecule has 2 rings (SSSR count). The number of para-hydroxylation sites is 1. The van der Waals surface area contributed by atoms with E-state index in [4.69, 9.17) is 5.73 Å². The number of benzene rings is 1. The third-order valence-electron chi connectivity index (χ3n) is 2.92. The van der Waals surface area contributed by atoms with Gasteiger partial charge in [0.2, 0.25) is 10.0 Å². The Kier molecular flexibility index (Phi) is 4.42. The van der Waals surface area contributed by atoms with Crippen molar-refractivity contribution in [3.05, 3.63) is 45.9 Å². The first-order valence-electron chi connectivity index (χ1n) is 6.07. The van der Waals surface area contributed by atoms with Gasteiger partial charge in [-0.3, -0.25) is 0 Å². The summed E-state index contributed by atoms with van der Waals surface area (Å²) in [5, 5.41) is 0.929. The zero-order chi connectivity index (χ0) is 14.8. The molecule has 0 radical (unpaired) electrons. The Bertz CT molecular complexity index is 695. The van der Waals surface area contributed by atoms with Gasteiger partial charge in [-0.05, 0) is 18.6 Å². The molecule has 0 saturated carbocycles. The van der Waals surface area contributed by atoms with Crippen LogP contribution in [0.15, 0.2) is 30.5 Å². The number of rotatable bonds is 5. The van der Waals surface area contributed by atoms with Crippen LogP contribution in [0.1, 0.15) is 15.4 Å². The molecule has 0 saturated heterocycles. The molecule has 0 aliphatic carbocycles. The van der Waals surface area contributed by atoms with Crippen molar-refractivity contribution in [2.75, 3.05) is 12.8 Å². The Morgan fingerprint density at radius 1 is 1.35 bits per heavy atom. The largest absolute Gasteiger partial charge is 0.398 e. The van der Waals surface area contributed by atoms with Gasteiger partial charge in [0.15, 0.2) is 0 Å². The highest BCUT2D eigenvalue weighted by molar-refractivity contribution is 7.88. The second-order valence-electron chi connectivity index (χ2n) is 4.56. The second kappa shape index (κ2) is 5.90. The zero-order valence-corrected chi connectivity index (χ0v) is 13.0. The average Bonchev–Trinajstić information content (AvgIpc) is 2.77. The lowest BCUT2D eigenvalue weighted by Gasteiger charge is -2.16. The predicted octanol–water partition coefficient (Wildman–Crippen LogP) is 2.00. The van der Waals surface area contributed by atoms with E-state index in [0.717, 1.165) is 9.88 Å². The smallest absolute Gasteiger partial charge is 0.218 e. The number of thiazole rings is 1. The van der Waals surface area contributed by atoms with Crippen molar-refractivity contribution in [2.24, 2.45) is 0 Å². The molecule has 0 fully saturated rings. The van der Waals surface area contributed by atoms with E-state index >= 15 is 0 Å². The van der Waals surface area contributed by atoms with Crippen molar-refractivity contribution in [1.82, 2.24) is 9.29 Å². The van der Waals surface area contributed by atoms with Crippen LogP contribution in [-0.2, 0) is 22.3 Å². The number of nitrogen functional groups attached to an aromatic ring is 1. The molecule has 1 heterocycles. The third-order valence-corrected chi connectivity index (χ3v) is 5.57. The van der Waals surface area contributed by atoms with Crippen molar-refractivity contribution in [1.29, 1.82) is 0 Å². The first-order chi connectivity index (χ1) is 9.38. The van der Waals surface area contributed by atoms with E-state index in [2.05, 4.69) is 4.98 Å². The van der Waals surface area contributed by atoms with Gasteiger partial charge in [-0.2, -0.15) is 4.31 Å². The maximum Gasteiger partial charge on any atom is 0.218 e. The lowest BCUT2D eigenvalue weighted by Crippen LogP contribution is -2.27. The van der Waals surface area contributed by atoms with Crippen molar-refractivity contribution in [3.8, 4) is 0 Å². The number of aryl methyl sites for hydroxylation is 1. The van der Waals surface area contributed by atoms with Crippen LogP contribution in [0.4, 0.5) is 5.69 Å². The van der Waals surface area contributed by atoms with Gasteiger partial charge in [-0.15, -0.1) is 11.3 Å². The molecule has 0 amide bonds. The Hall–Kier alpha value is -1.44. The van der Waals surface area contributed by atoms with E-state index < -0.39 is 10.0 Å². The molecule has 108 valence electrons. The van der Waals surface area contributed by atoms with Crippen LogP contribution < -0.4 is 5.73 Å². The lowest BCUT2D eigenvalue weighted by atomic mass is 10.2. The summed E-state index contributed by atoms with van der Waals surface area (Å²) in [4.78, 5) is 5.05. The van der Waals surface area contributed by atoms with Crippen LogP contribution in [0.2, 0.25) is 0 Å². The normalized spacial score (nSPS) is 11.9. The lowest BCUT2D eigenvalue weighted by molar-refractivity contribution is 0.468. The minimum absolute atomic E-state index is 0.0893. The molecule has 2 N–H and O–H groups in total. The minimum atomic E-state index is -3.39. The molecule has 0 aliphatic heterocycles. The number of anilines is 1. The number of sulfonamides is 1. The Labute approximate surface area is 123 Å². The number of nitrogens with two attached hydrogens (primary N) is 1. The second-order valence-corrected chi connectivity index (χ2v) is 7.95. The molecular weight excluding hydrogens is 294 g/mol. The van der Waals surface area contributed by atoms with E-state index in [1.54, 1.807) is 37.5 Å². The third kappa shape index (κ3) is 3.56. The van der Waals surface area contributed by atoms with Gasteiger partial charge < -0.3 is 5.73 Å². The number of hydrogen-bond donors (Lipinski definition) is 1. The van der Waals surface area contributed by atoms with Gasteiger partial charge in [-0.25, -0.2) is 13.4 Å². The summed E-state index contributed by atoms with van der Waals surface area (Å²) in [6.07, 6.45) is 1.71. The number of aromatic nitrogens is 1. The number of nitrogens with zero attached hydrogens (tertiary/aromatic N) is 2. The van der Waals surface area contributed by atoms with Crippen molar-refractivity contribution < 1.29 is 8.42 Å². The molecular formula is C13H17N3O2S2. The van der Waals surface area contributed by atoms with Crippen LogP contribution in [0, 0.1) is 6.92 Å². The first-order valence-corrected chi connectivity index (χ1v) is 8.50. The van der Waals surface area contributed by atoms with Crippen molar-refractivity contribution >= 4 is 27.0 Å². The molecule has 0 atom stereocenters. The first kappa shape index (κ1) is 15.0. The van der Waals surface area contributed by atoms with E-state index in [1.165, 1.54) is 15.6 Å². The maximum atomic E-state index is 12.3. The number of hydrogen-bond acceptors (Lipinski definition) is 5. The van der Waals surface area contributed by atoms with Crippen LogP contribution in [0.3, 0.4) is 0 Å². The fourth-order valence-corrected chi connectivity index (χ4v) is 3.91. The van der Waals surface area contributed by atoms with Crippen LogP contribution in [0.25, 0.3) is 0 Å². The average molecular weight is 311 g/mol. The van der Waals surface area contributed by atoms with Gasteiger partial charge in [0.05, 0.1) is 10.8 Å². The summed E-state index contributed by atoms with van der Waals surface area (Å²) in [6, 6.07) is 7.01. The van der Waals surface area contributed by atoms with Gasteiger partial charge in [-0.1, -0.05) is 18.2 Å². The predicted molar refractivity (Wildman–Crippen MR) is 81.8 cm³/mol. The summed E-state index contributed by atoms with van der Waals surface area (Å²) in [7, 11) is -1.82. The van der Waals surface area contributed by atoms with Gasteiger partial charge in [0.1, 0.15) is 0 Å². The molecule has 0 aliphatic rings. The summed E-state index contributed by atoms with van der Waals surface area (Å²) in [5.41, 5.74) is 6.92. The monoisotopic (exact) mass is 311 g/mol. The molecule has 20 heavy (non-hydrogen) atoms. The summed E-state index contributed by atoms with van der Waals surface area (Å²) in [5.74, 6) is -0.0893.